The topological polar surface area (TPSA) is 78.9 Å². The molecule has 0 saturated heterocycles. The standard InChI is InChI=1S/C76H128O6/c1-4-7-10-13-16-19-22-25-28-30-32-34-36-37-38-39-41-42-44-46-48-51-54-57-60-63-66-69-75(78)81-72-73(71-80-74(77)68-65-62-59-56-53-50-27-24-21-18-15-12-9-6-3)82-76(79)70-67-64-61-58-55-52-49-47-45-43-40-35-33-31-29-26-23-20-17-14-11-8-5-2/h7,10,15-16,18-19,23-28,31-34,37-38,41-42,73H,4-6,8-9,11-14,17,20-22,29-30,35-36,39-40,43-72H2,1-3H3/b10-7-,18-15-,19-16-,26-23-,27-24-,28-25-,33-31-,34-32-,38-37-,42-41-. The molecular weight excluding hydrogens is 1010 g/mol. The van der Waals surface area contributed by atoms with Crippen molar-refractivity contribution in [1.82, 2.24) is 0 Å². The zero-order chi connectivity index (χ0) is 59.2. The second-order valence-electron chi connectivity index (χ2n) is 22.7. The van der Waals surface area contributed by atoms with Crippen LogP contribution >= 0.6 is 0 Å². The fraction of sp³-hybridized carbons (Fsp3) is 0.697. The molecule has 0 heterocycles. The molecule has 0 fully saturated rings. The van der Waals surface area contributed by atoms with E-state index in [0.29, 0.717) is 19.3 Å². The monoisotopic (exact) mass is 1140 g/mol. The minimum atomic E-state index is -0.793. The third-order valence-electron chi connectivity index (χ3n) is 14.7. The van der Waals surface area contributed by atoms with Gasteiger partial charge in [-0.15, -0.1) is 0 Å². The predicted octanol–water partition coefficient (Wildman–Crippen LogP) is 23.9. The molecule has 0 aromatic heterocycles. The number of ether oxygens (including phenoxy) is 3. The number of allylic oxidation sites excluding steroid dienone is 20. The van der Waals surface area contributed by atoms with Crippen LogP contribution in [0.25, 0.3) is 0 Å². The van der Waals surface area contributed by atoms with E-state index >= 15 is 0 Å². The first-order valence-electron chi connectivity index (χ1n) is 34.5. The van der Waals surface area contributed by atoms with Crippen LogP contribution in [0.1, 0.15) is 323 Å². The zero-order valence-electron chi connectivity index (χ0n) is 53.7. The fourth-order valence-electron chi connectivity index (χ4n) is 9.49. The summed E-state index contributed by atoms with van der Waals surface area (Å²) < 4.78 is 17.0. The summed E-state index contributed by atoms with van der Waals surface area (Å²) in [6, 6.07) is 0. The number of unbranched alkanes of at least 4 members (excludes halogenated alkanes) is 31. The van der Waals surface area contributed by atoms with Crippen molar-refractivity contribution in [2.75, 3.05) is 13.2 Å². The maximum absolute atomic E-state index is 13.0. The maximum atomic E-state index is 13.0. The van der Waals surface area contributed by atoms with E-state index in [9.17, 15) is 14.4 Å². The van der Waals surface area contributed by atoms with E-state index in [1.54, 1.807) is 0 Å². The van der Waals surface area contributed by atoms with Crippen molar-refractivity contribution in [2.45, 2.75) is 329 Å². The summed E-state index contributed by atoms with van der Waals surface area (Å²) in [6.45, 7) is 6.48. The van der Waals surface area contributed by atoms with Gasteiger partial charge in [0.25, 0.3) is 0 Å². The van der Waals surface area contributed by atoms with Crippen LogP contribution in [-0.4, -0.2) is 37.2 Å². The number of rotatable bonds is 62. The zero-order valence-corrected chi connectivity index (χ0v) is 53.7. The highest BCUT2D eigenvalue weighted by Gasteiger charge is 2.19. The van der Waals surface area contributed by atoms with Crippen molar-refractivity contribution in [3.8, 4) is 0 Å². The van der Waals surface area contributed by atoms with Crippen LogP contribution in [0.3, 0.4) is 0 Å². The van der Waals surface area contributed by atoms with Gasteiger partial charge in [0.2, 0.25) is 0 Å². The number of hydrogen-bond acceptors (Lipinski definition) is 6. The lowest BCUT2D eigenvalue weighted by molar-refractivity contribution is -0.167. The van der Waals surface area contributed by atoms with Gasteiger partial charge in [0.1, 0.15) is 13.2 Å². The van der Waals surface area contributed by atoms with Crippen LogP contribution in [0.2, 0.25) is 0 Å². The van der Waals surface area contributed by atoms with Crippen LogP contribution in [0.5, 0.6) is 0 Å². The minimum Gasteiger partial charge on any atom is -0.462 e. The highest BCUT2D eigenvalue weighted by Crippen LogP contribution is 2.16. The van der Waals surface area contributed by atoms with Gasteiger partial charge in [0.15, 0.2) is 6.10 Å². The molecule has 6 heteroatoms. The summed E-state index contributed by atoms with van der Waals surface area (Å²) in [5.41, 5.74) is 0. The maximum Gasteiger partial charge on any atom is 0.306 e. The molecule has 0 aromatic rings. The molecule has 0 radical (unpaired) electrons. The van der Waals surface area contributed by atoms with Gasteiger partial charge in [-0.2, -0.15) is 0 Å². The Bertz CT molecular complexity index is 1690. The van der Waals surface area contributed by atoms with Gasteiger partial charge in [-0.25, -0.2) is 0 Å². The van der Waals surface area contributed by atoms with Gasteiger partial charge >= 0.3 is 17.9 Å². The first-order chi connectivity index (χ1) is 40.5. The summed E-state index contributed by atoms with van der Waals surface area (Å²) in [5, 5.41) is 0. The molecule has 0 aliphatic heterocycles. The summed E-state index contributed by atoms with van der Waals surface area (Å²) in [4.78, 5) is 38.4. The van der Waals surface area contributed by atoms with E-state index in [-0.39, 0.29) is 31.1 Å². The second kappa shape index (κ2) is 69.3. The Morgan fingerprint density at radius 1 is 0.256 bits per heavy atom. The Balaban J connectivity index is 4.36. The number of hydrogen-bond donors (Lipinski definition) is 0. The quantitative estimate of drug-likeness (QED) is 0.0261. The molecule has 0 aliphatic carbocycles. The lowest BCUT2D eigenvalue weighted by atomic mass is 10.0. The molecule has 0 spiro atoms. The summed E-state index contributed by atoms with van der Waals surface area (Å²) in [7, 11) is 0. The molecule has 1 unspecified atom stereocenters. The van der Waals surface area contributed by atoms with Gasteiger partial charge in [0.05, 0.1) is 0 Å². The molecule has 0 aromatic carbocycles. The fourth-order valence-corrected chi connectivity index (χ4v) is 9.49. The van der Waals surface area contributed by atoms with Crippen molar-refractivity contribution in [3.63, 3.8) is 0 Å². The molecule has 0 aliphatic rings. The minimum absolute atomic E-state index is 0.0890. The van der Waals surface area contributed by atoms with Crippen LogP contribution in [0.15, 0.2) is 122 Å². The van der Waals surface area contributed by atoms with E-state index in [1.807, 2.05) is 0 Å². The van der Waals surface area contributed by atoms with E-state index in [4.69, 9.17) is 14.2 Å². The van der Waals surface area contributed by atoms with E-state index < -0.39 is 6.10 Å². The molecule has 0 rings (SSSR count). The van der Waals surface area contributed by atoms with Gasteiger partial charge < -0.3 is 14.2 Å². The van der Waals surface area contributed by atoms with Gasteiger partial charge in [-0.3, -0.25) is 14.4 Å². The normalized spacial score (nSPS) is 12.9. The van der Waals surface area contributed by atoms with Crippen molar-refractivity contribution >= 4 is 17.9 Å². The van der Waals surface area contributed by atoms with Crippen molar-refractivity contribution in [3.05, 3.63) is 122 Å². The van der Waals surface area contributed by atoms with Gasteiger partial charge in [0, 0.05) is 19.3 Å². The summed E-state index contributed by atoms with van der Waals surface area (Å²) in [6.07, 6.45) is 96.4. The van der Waals surface area contributed by atoms with E-state index in [2.05, 4.69) is 142 Å². The molecule has 0 amide bonds. The highest BCUT2D eigenvalue weighted by molar-refractivity contribution is 5.71. The average Bonchev–Trinajstić information content (AvgIpc) is 3.48. The number of carbonyl (C=O) groups excluding carboxylic acids is 3. The first kappa shape index (κ1) is 77.8. The smallest absolute Gasteiger partial charge is 0.306 e. The molecule has 6 nitrogen and oxygen atoms in total. The Morgan fingerprint density at radius 2 is 0.488 bits per heavy atom. The van der Waals surface area contributed by atoms with Crippen molar-refractivity contribution < 1.29 is 28.6 Å². The average molecular weight is 1140 g/mol. The first-order valence-corrected chi connectivity index (χ1v) is 34.5. The molecule has 0 bridgehead atoms. The molecule has 0 saturated carbocycles. The lowest BCUT2D eigenvalue weighted by Gasteiger charge is -2.18. The molecule has 468 valence electrons. The Kier molecular flexibility index (Phi) is 65.8. The third-order valence-corrected chi connectivity index (χ3v) is 14.7. The third kappa shape index (κ3) is 66.6. The van der Waals surface area contributed by atoms with Crippen LogP contribution in [0, 0.1) is 0 Å². The van der Waals surface area contributed by atoms with Crippen LogP contribution < -0.4 is 0 Å². The van der Waals surface area contributed by atoms with E-state index in [1.165, 1.54) is 148 Å². The van der Waals surface area contributed by atoms with Crippen LogP contribution in [0.4, 0.5) is 0 Å². The Labute approximate surface area is 507 Å². The van der Waals surface area contributed by atoms with Gasteiger partial charge in [-0.1, -0.05) is 296 Å². The Morgan fingerprint density at radius 3 is 0.780 bits per heavy atom. The van der Waals surface area contributed by atoms with Crippen LogP contribution in [-0.2, 0) is 28.6 Å². The van der Waals surface area contributed by atoms with Crippen molar-refractivity contribution in [2.24, 2.45) is 0 Å². The van der Waals surface area contributed by atoms with Crippen molar-refractivity contribution in [1.29, 1.82) is 0 Å². The van der Waals surface area contributed by atoms with Gasteiger partial charge in [-0.05, 0) is 128 Å². The molecule has 0 N–H and O–H groups in total. The Hall–Kier alpha value is -4.19. The molecule has 82 heavy (non-hydrogen) atoms. The SMILES string of the molecule is CC/C=C\C/C=C\C/C=C\C/C=C\C/C=C\C/C=C\CCCCCCCCCCC(=O)OCC(COC(=O)CCCCCCC/C=C\C/C=C\CCCC)OC(=O)CCCCCCCCCCCCC/C=C\C/C=C\CCCCCCC. The molecular formula is C76H128O6. The lowest BCUT2D eigenvalue weighted by Crippen LogP contribution is -2.30. The summed E-state index contributed by atoms with van der Waals surface area (Å²) >= 11 is 0. The molecule has 1 atom stereocenters. The highest BCUT2D eigenvalue weighted by atomic mass is 16.6. The largest absolute Gasteiger partial charge is 0.462 e. The summed E-state index contributed by atoms with van der Waals surface area (Å²) in [5.74, 6) is -0.904. The second-order valence-corrected chi connectivity index (χ2v) is 22.7. The predicted molar refractivity (Wildman–Crippen MR) is 357 cm³/mol. The number of carbonyl (C=O) groups is 3. The van der Waals surface area contributed by atoms with E-state index in [0.717, 1.165) is 135 Å². The number of esters is 3.